The fraction of sp³-hybridized carbons (Fsp3) is 0.571. The molecule has 16 heavy (non-hydrogen) atoms. The van der Waals surface area contributed by atoms with Gasteiger partial charge in [-0.2, -0.15) is 0 Å². The maximum absolute atomic E-state index is 5.90. The molecule has 88 valence electrons. The average molecular weight is 220 g/mol. The molecule has 0 bridgehead atoms. The van der Waals surface area contributed by atoms with Crippen LogP contribution in [0.2, 0.25) is 0 Å². The molecule has 1 saturated heterocycles. The summed E-state index contributed by atoms with van der Waals surface area (Å²) in [4.78, 5) is 0. The highest BCUT2D eigenvalue weighted by molar-refractivity contribution is 5.28. The van der Waals surface area contributed by atoms with E-state index in [4.69, 9.17) is 9.47 Å². The van der Waals surface area contributed by atoms with Gasteiger partial charge in [-0.15, -0.1) is 0 Å². The molecule has 0 N–H and O–H groups in total. The highest BCUT2D eigenvalue weighted by Gasteiger charge is 2.13. The number of ether oxygens (including phenoxy) is 2. The molecule has 1 aromatic carbocycles. The van der Waals surface area contributed by atoms with Gasteiger partial charge in [-0.3, -0.25) is 0 Å². The topological polar surface area (TPSA) is 18.5 Å². The second-order valence-corrected chi connectivity index (χ2v) is 4.34. The highest BCUT2D eigenvalue weighted by atomic mass is 16.5. The van der Waals surface area contributed by atoms with Crippen LogP contribution in [-0.4, -0.2) is 13.7 Å². The summed E-state index contributed by atoms with van der Waals surface area (Å²) in [7, 11) is 1.70. The zero-order valence-electron chi connectivity index (χ0n) is 9.95. The van der Waals surface area contributed by atoms with Crippen LogP contribution in [0.3, 0.4) is 0 Å². The number of hydrogen-bond acceptors (Lipinski definition) is 2. The van der Waals surface area contributed by atoms with Gasteiger partial charge in [0.2, 0.25) is 0 Å². The van der Waals surface area contributed by atoms with Crippen molar-refractivity contribution in [2.45, 2.75) is 38.2 Å². The number of benzene rings is 1. The highest BCUT2D eigenvalue weighted by Crippen LogP contribution is 2.27. The van der Waals surface area contributed by atoms with E-state index in [1.165, 1.54) is 31.2 Å². The Bertz CT molecular complexity index is 297. The van der Waals surface area contributed by atoms with Gasteiger partial charge in [0.25, 0.3) is 0 Å². The summed E-state index contributed by atoms with van der Waals surface area (Å²) in [5, 5.41) is 0. The van der Waals surface area contributed by atoms with Crippen LogP contribution in [-0.2, 0) is 4.74 Å². The lowest BCUT2D eigenvalue weighted by Crippen LogP contribution is -2.08. The van der Waals surface area contributed by atoms with Crippen molar-refractivity contribution in [3.05, 3.63) is 29.8 Å². The molecule has 0 aromatic heterocycles. The van der Waals surface area contributed by atoms with E-state index < -0.39 is 0 Å². The third-order valence-corrected chi connectivity index (χ3v) is 3.17. The van der Waals surface area contributed by atoms with Crippen molar-refractivity contribution in [3.63, 3.8) is 0 Å². The molecule has 1 aliphatic rings. The molecule has 1 aromatic rings. The Labute approximate surface area is 97.6 Å². The van der Waals surface area contributed by atoms with E-state index >= 15 is 0 Å². The van der Waals surface area contributed by atoms with E-state index in [-0.39, 0.29) is 6.10 Å². The first-order valence-electron chi connectivity index (χ1n) is 6.16. The van der Waals surface area contributed by atoms with E-state index in [1.807, 2.05) is 12.1 Å². The fourth-order valence-corrected chi connectivity index (χ4v) is 2.18. The number of rotatable bonds is 2. The quantitative estimate of drug-likeness (QED) is 0.756. The lowest BCUT2D eigenvalue weighted by atomic mass is 10.0. The summed E-state index contributed by atoms with van der Waals surface area (Å²) in [5.74, 6) is 0.912. The first-order valence-corrected chi connectivity index (χ1v) is 6.16. The summed E-state index contributed by atoms with van der Waals surface area (Å²) < 4.78 is 11.1. The molecule has 0 spiro atoms. The Morgan fingerprint density at radius 1 is 1.06 bits per heavy atom. The summed E-state index contributed by atoms with van der Waals surface area (Å²) in [6.07, 6.45) is 6.56. The Hall–Kier alpha value is -1.02. The average Bonchev–Trinajstić information content (AvgIpc) is 2.29. The first kappa shape index (κ1) is 11.5. The minimum absolute atomic E-state index is 0.284. The normalized spacial score (nSPS) is 22.2. The summed E-state index contributed by atoms with van der Waals surface area (Å²) >= 11 is 0. The second kappa shape index (κ2) is 5.90. The standard InChI is InChI=1S/C14H20O2/c1-15-13-9-7-12(8-10-13)14-6-4-2-3-5-11-16-14/h7-10,14H,2-6,11H2,1H3. The second-order valence-electron chi connectivity index (χ2n) is 4.34. The van der Waals surface area contributed by atoms with Crippen LogP contribution in [0.15, 0.2) is 24.3 Å². The van der Waals surface area contributed by atoms with E-state index in [1.54, 1.807) is 7.11 Å². The van der Waals surface area contributed by atoms with Crippen molar-refractivity contribution >= 4 is 0 Å². The van der Waals surface area contributed by atoms with Crippen LogP contribution in [0.1, 0.15) is 43.8 Å². The Morgan fingerprint density at radius 3 is 2.56 bits per heavy atom. The SMILES string of the molecule is COc1ccc(C2CCCCCCO2)cc1. The molecular formula is C14H20O2. The smallest absolute Gasteiger partial charge is 0.118 e. The van der Waals surface area contributed by atoms with Crippen molar-refractivity contribution in [1.82, 2.24) is 0 Å². The predicted molar refractivity (Wildman–Crippen MR) is 64.8 cm³/mol. The van der Waals surface area contributed by atoms with Crippen LogP contribution in [0.4, 0.5) is 0 Å². The molecule has 0 aliphatic carbocycles. The van der Waals surface area contributed by atoms with Gasteiger partial charge < -0.3 is 9.47 Å². The zero-order chi connectivity index (χ0) is 11.2. The maximum atomic E-state index is 5.90. The van der Waals surface area contributed by atoms with Crippen molar-refractivity contribution in [1.29, 1.82) is 0 Å². The summed E-state index contributed by atoms with van der Waals surface area (Å²) in [6.45, 7) is 0.899. The van der Waals surface area contributed by atoms with E-state index in [9.17, 15) is 0 Å². The molecule has 0 saturated carbocycles. The predicted octanol–water partition coefficient (Wildman–Crippen LogP) is 3.72. The molecule has 2 nitrogen and oxygen atoms in total. The van der Waals surface area contributed by atoms with Crippen LogP contribution >= 0.6 is 0 Å². The van der Waals surface area contributed by atoms with Crippen molar-refractivity contribution in [2.75, 3.05) is 13.7 Å². The monoisotopic (exact) mass is 220 g/mol. The van der Waals surface area contributed by atoms with E-state index in [0.717, 1.165) is 18.8 Å². The van der Waals surface area contributed by atoms with Gasteiger partial charge in [-0.25, -0.2) is 0 Å². The lowest BCUT2D eigenvalue weighted by molar-refractivity contribution is 0.0345. The van der Waals surface area contributed by atoms with Gasteiger partial charge in [0.1, 0.15) is 5.75 Å². The van der Waals surface area contributed by atoms with Gasteiger partial charge in [0, 0.05) is 6.61 Å². The number of hydrogen-bond donors (Lipinski definition) is 0. The van der Waals surface area contributed by atoms with Crippen molar-refractivity contribution in [2.24, 2.45) is 0 Å². The molecule has 2 rings (SSSR count). The van der Waals surface area contributed by atoms with Crippen LogP contribution in [0, 0.1) is 0 Å². The molecule has 1 unspecified atom stereocenters. The van der Waals surface area contributed by atoms with Gasteiger partial charge >= 0.3 is 0 Å². The van der Waals surface area contributed by atoms with Gasteiger partial charge in [-0.05, 0) is 30.5 Å². The molecule has 1 atom stereocenters. The summed E-state index contributed by atoms with van der Waals surface area (Å²) in [5.41, 5.74) is 1.28. The molecule has 1 aliphatic heterocycles. The number of methoxy groups -OCH3 is 1. The lowest BCUT2D eigenvalue weighted by Gasteiger charge is -2.21. The van der Waals surface area contributed by atoms with Crippen LogP contribution < -0.4 is 4.74 Å². The molecule has 1 fully saturated rings. The molecule has 1 heterocycles. The third-order valence-electron chi connectivity index (χ3n) is 3.17. The van der Waals surface area contributed by atoms with Crippen LogP contribution in [0.25, 0.3) is 0 Å². The van der Waals surface area contributed by atoms with E-state index in [0.29, 0.717) is 0 Å². The Kier molecular flexibility index (Phi) is 4.23. The zero-order valence-corrected chi connectivity index (χ0v) is 9.95. The summed E-state index contributed by atoms with van der Waals surface area (Å²) in [6, 6.07) is 8.26. The first-order chi connectivity index (χ1) is 7.90. The van der Waals surface area contributed by atoms with Gasteiger partial charge in [0.05, 0.1) is 13.2 Å². The maximum Gasteiger partial charge on any atom is 0.118 e. The fourth-order valence-electron chi connectivity index (χ4n) is 2.18. The molecule has 2 heteroatoms. The molecule has 0 amide bonds. The minimum atomic E-state index is 0.284. The van der Waals surface area contributed by atoms with Gasteiger partial charge in [0.15, 0.2) is 0 Å². The largest absolute Gasteiger partial charge is 0.497 e. The van der Waals surface area contributed by atoms with E-state index in [2.05, 4.69) is 12.1 Å². The van der Waals surface area contributed by atoms with Gasteiger partial charge in [-0.1, -0.05) is 31.4 Å². The molecular weight excluding hydrogens is 200 g/mol. The third kappa shape index (κ3) is 2.99. The Balaban J connectivity index is 2.02. The Morgan fingerprint density at radius 2 is 1.81 bits per heavy atom. The van der Waals surface area contributed by atoms with Crippen molar-refractivity contribution < 1.29 is 9.47 Å². The molecule has 0 radical (unpaired) electrons. The van der Waals surface area contributed by atoms with Crippen molar-refractivity contribution in [3.8, 4) is 5.75 Å². The van der Waals surface area contributed by atoms with Crippen LogP contribution in [0.5, 0.6) is 5.75 Å². The minimum Gasteiger partial charge on any atom is -0.497 e.